The van der Waals surface area contributed by atoms with Crippen molar-refractivity contribution in [1.82, 2.24) is 10.2 Å². The number of anilines is 1. The first-order valence-corrected chi connectivity index (χ1v) is 9.94. The zero-order valence-electron chi connectivity index (χ0n) is 13.4. The Kier molecular flexibility index (Phi) is 6.27. The maximum absolute atomic E-state index is 12.2. The van der Waals surface area contributed by atoms with Crippen molar-refractivity contribution in [3.63, 3.8) is 0 Å². The van der Waals surface area contributed by atoms with Crippen LogP contribution in [0.25, 0.3) is 0 Å². The van der Waals surface area contributed by atoms with Gasteiger partial charge in [0, 0.05) is 33.5 Å². The van der Waals surface area contributed by atoms with Crippen LogP contribution in [-0.4, -0.2) is 21.0 Å². The molecule has 27 heavy (non-hydrogen) atoms. The Morgan fingerprint density at radius 1 is 1.19 bits per heavy atom. The van der Waals surface area contributed by atoms with Gasteiger partial charge in [-0.3, -0.25) is 20.2 Å². The summed E-state index contributed by atoms with van der Waals surface area (Å²) in [6.45, 7) is 0. The Bertz CT molecular complexity index is 996. The number of hydrogen-bond acceptors (Lipinski definition) is 7. The quantitative estimate of drug-likeness (QED) is 0.241. The number of nitro benzene ring substituents is 1. The molecule has 1 N–H and O–H groups in total. The highest BCUT2D eigenvalue weighted by molar-refractivity contribution is 8.00. The Labute approximate surface area is 171 Å². The maximum atomic E-state index is 12.2. The van der Waals surface area contributed by atoms with Crippen LogP contribution in [0.5, 0.6) is 0 Å². The summed E-state index contributed by atoms with van der Waals surface area (Å²) < 4.78 is 0.667. The number of amides is 1. The highest BCUT2D eigenvalue weighted by Gasteiger charge is 2.13. The highest BCUT2D eigenvalue weighted by atomic mass is 35.5. The van der Waals surface area contributed by atoms with Gasteiger partial charge in [0.05, 0.1) is 4.92 Å². The number of aromatic nitrogens is 2. The average molecular weight is 441 g/mol. The zero-order valence-corrected chi connectivity index (χ0v) is 16.5. The number of thioether (sulfide) groups is 1. The predicted molar refractivity (Wildman–Crippen MR) is 107 cm³/mol. The normalized spacial score (nSPS) is 10.6. The van der Waals surface area contributed by atoms with Crippen LogP contribution in [-0.2, 0) is 5.75 Å². The summed E-state index contributed by atoms with van der Waals surface area (Å²) in [6.07, 6.45) is 0. The van der Waals surface area contributed by atoms with Crippen molar-refractivity contribution < 1.29 is 9.72 Å². The molecule has 0 aliphatic heterocycles. The molecule has 1 amide bonds. The summed E-state index contributed by atoms with van der Waals surface area (Å²) in [6, 6.07) is 10.6. The smallest absolute Gasteiger partial charge is 0.269 e. The van der Waals surface area contributed by atoms with Gasteiger partial charge >= 0.3 is 0 Å². The summed E-state index contributed by atoms with van der Waals surface area (Å²) in [5, 5.41) is 22.7. The third-order valence-corrected chi connectivity index (χ3v) is 5.94. The number of non-ortho nitro benzene ring substituents is 1. The van der Waals surface area contributed by atoms with Crippen LogP contribution < -0.4 is 5.32 Å². The van der Waals surface area contributed by atoms with E-state index in [-0.39, 0.29) is 11.3 Å². The van der Waals surface area contributed by atoms with E-state index in [1.807, 2.05) is 6.07 Å². The second-order valence-electron chi connectivity index (χ2n) is 5.16. The van der Waals surface area contributed by atoms with E-state index in [4.69, 9.17) is 23.2 Å². The van der Waals surface area contributed by atoms with Gasteiger partial charge in [-0.2, -0.15) is 0 Å². The highest BCUT2D eigenvalue weighted by Crippen LogP contribution is 2.31. The van der Waals surface area contributed by atoms with Crippen molar-refractivity contribution in [3.8, 4) is 0 Å². The summed E-state index contributed by atoms with van der Waals surface area (Å²) >= 11 is 14.7. The van der Waals surface area contributed by atoms with Crippen molar-refractivity contribution in [1.29, 1.82) is 0 Å². The van der Waals surface area contributed by atoms with E-state index < -0.39 is 10.8 Å². The number of halogens is 2. The molecule has 0 saturated heterocycles. The number of nitrogens with zero attached hydrogens (tertiary/aromatic N) is 3. The number of carbonyl (C=O) groups is 1. The Hall–Kier alpha value is -2.20. The zero-order chi connectivity index (χ0) is 19.4. The SMILES string of the molecule is O=C(Nc1nnc(SCc2ccc(Cl)cc2Cl)s1)c1ccc([N+](=O)[O-])cc1. The molecule has 0 saturated carbocycles. The standard InChI is InChI=1S/C16H10Cl2N4O3S2/c17-11-4-1-10(13(18)7-11)8-26-16-21-20-15(27-16)19-14(23)9-2-5-12(6-3-9)22(24)25/h1-7H,8H2,(H,19,20,23). The van der Waals surface area contributed by atoms with Crippen LogP contribution in [0.2, 0.25) is 10.0 Å². The van der Waals surface area contributed by atoms with Gasteiger partial charge in [-0.1, -0.05) is 52.4 Å². The van der Waals surface area contributed by atoms with Gasteiger partial charge < -0.3 is 0 Å². The third kappa shape index (κ3) is 5.16. The number of hydrogen-bond donors (Lipinski definition) is 1. The van der Waals surface area contributed by atoms with E-state index >= 15 is 0 Å². The fourth-order valence-electron chi connectivity index (χ4n) is 2.00. The van der Waals surface area contributed by atoms with E-state index in [0.717, 1.165) is 5.56 Å². The van der Waals surface area contributed by atoms with Crippen molar-refractivity contribution in [2.45, 2.75) is 10.1 Å². The minimum absolute atomic E-state index is 0.0815. The van der Waals surface area contributed by atoms with Gasteiger partial charge in [0.25, 0.3) is 11.6 Å². The lowest BCUT2D eigenvalue weighted by Crippen LogP contribution is -2.11. The molecule has 0 bridgehead atoms. The van der Waals surface area contributed by atoms with Crippen molar-refractivity contribution in [2.24, 2.45) is 0 Å². The lowest BCUT2D eigenvalue weighted by atomic mass is 10.2. The second kappa shape index (κ2) is 8.66. The maximum Gasteiger partial charge on any atom is 0.269 e. The van der Waals surface area contributed by atoms with E-state index in [1.54, 1.807) is 12.1 Å². The minimum Gasteiger partial charge on any atom is -0.296 e. The third-order valence-electron chi connectivity index (χ3n) is 3.33. The fraction of sp³-hybridized carbons (Fsp3) is 0.0625. The molecule has 1 heterocycles. The Morgan fingerprint density at radius 3 is 2.59 bits per heavy atom. The van der Waals surface area contributed by atoms with E-state index in [1.165, 1.54) is 47.4 Å². The first-order chi connectivity index (χ1) is 12.9. The van der Waals surface area contributed by atoms with Crippen LogP contribution in [0.4, 0.5) is 10.8 Å². The number of carbonyl (C=O) groups excluding carboxylic acids is 1. The first-order valence-electron chi connectivity index (χ1n) is 7.38. The molecule has 0 fully saturated rings. The summed E-state index contributed by atoms with van der Waals surface area (Å²) in [4.78, 5) is 22.3. The molecule has 3 rings (SSSR count). The van der Waals surface area contributed by atoms with Crippen LogP contribution in [0.1, 0.15) is 15.9 Å². The van der Waals surface area contributed by atoms with Gasteiger partial charge in [0.15, 0.2) is 4.34 Å². The molecule has 0 aliphatic rings. The molecule has 7 nitrogen and oxygen atoms in total. The van der Waals surface area contributed by atoms with Crippen LogP contribution in [0, 0.1) is 10.1 Å². The molecule has 2 aromatic carbocycles. The fourth-order valence-corrected chi connectivity index (χ4v) is 4.31. The lowest BCUT2D eigenvalue weighted by Gasteiger charge is -2.02. The molecule has 3 aromatic rings. The molecule has 0 radical (unpaired) electrons. The molecule has 0 unspecified atom stereocenters. The molecular formula is C16H10Cl2N4O3S2. The van der Waals surface area contributed by atoms with Crippen molar-refractivity contribution in [2.75, 3.05) is 5.32 Å². The number of rotatable bonds is 6. The number of nitro groups is 1. The Morgan fingerprint density at radius 2 is 1.93 bits per heavy atom. The minimum atomic E-state index is -0.525. The monoisotopic (exact) mass is 440 g/mol. The van der Waals surface area contributed by atoms with Crippen molar-refractivity contribution >= 4 is 63.0 Å². The average Bonchev–Trinajstić information content (AvgIpc) is 3.08. The van der Waals surface area contributed by atoms with Crippen LogP contribution >= 0.6 is 46.3 Å². The van der Waals surface area contributed by atoms with E-state index in [9.17, 15) is 14.9 Å². The van der Waals surface area contributed by atoms with Gasteiger partial charge in [-0.25, -0.2) is 0 Å². The Balaban J connectivity index is 1.60. The molecule has 0 spiro atoms. The van der Waals surface area contributed by atoms with E-state index in [2.05, 4.69) is 15.5 Å². The summed E-state index contributed by atoms with van der Waals surface area (Å²) in [5.41, 5.74) is 1.12. The van der Waals surface area contributed by atoms with Gasteiger partial charge in [0.2, 0.25) is 5.13 Å². The summed E-state index contributed by atoms with van der Waals surface area (Å²) in [5.74, 6) is 0.166. The molecular weight excluding hydrogens is 431 g/mol. The molecule has 0 atom stereocenters. The van der Waals surface area contributed by atoms with Gasteiger partial charge in [0.1, 0.15) is 0 Å². The van der Waals surface area contributed by atoms with Crippen molar-refractivity contribution in [3.05, 3.63) is 73.8 Å². The summed E-state index contributed by atoms with van der Waals surface area (Å²) in [7, 11) is 0. The largest absolute Gasteiger partial charge is 0.296 e. The van der Waals surface area contributed by atoms with Crippen LogP contribution in [0.3, 0.4) is 0 Å². The number of benzene rings is 2. The number of nitrogens with one attached hydrogen (secondary N) is 1. The molecule has 0 aliphatic carbocycles. The van der Waals surface area contributed by atoms with Crippen LogP contribution in [0.15, 0.2) is 46.8 Å². The molecule has 1 aromatic heterocycles. The predicted octanol–water partition coefficient (Wildman–Crippen LogP) is 5.30. The first kappa shape index (κ1) is 19.6. The molecule has 138 valence electrons. The van der Waals surface area contributed by atoms with Gasteiger partial charge in [-0.15, -0.1) is 10.2 Å². The van der Waals surface area contributed by atoms with Gasteiger partial charge in [-0.05, 0) is 29.8 Å². The van der Waals surface area contributed by atoms with E-state index in [0.29, 0.717) is 25.3 Å². The topological polar surface area (TPSA) is 98.0 Å². The second-order valence-corrected chi connectivity index (χ2v) is 8.20. The molecule has 11 heteroatoms. The lowest BCUT2D eigenvalue weighted by molar-refractivity contribution is -0.384.